The largest absolute Gasteiger partial charge is 0.475 e. The first-order chi connectivity index (χ1) is 20.2. The number of nitrogens with one attached hydrogen (secondary N) is 1. The molecule has 1 N–H and O–H groups in total. The van der Waals surface area contributed by atoms with E-state index < -0.39 is 24.8 Å². The van der Waals surface area contributed by atoms with E-state index in [1.54, 1.807) is 18.3 Å². The SMILES string of the molecule is CC(=O)N[C@@H]1COc2c(-c3nc4n(Cc5ccccc5)cccc-4c3-c3cn(C)nc3OC(F)F)c(C(F)F)nn2C1. The maximum atomic E-state index is 14.5. The van der Waals surface area contributed by atoms with Gasteiger partial charge in [0.25, 0.3) is 6.43 Å². The molecule has 0 bridgehead atoms. The Kier molecular flexibility index (Phi) is 7.04. The normalized spacial score (nSPS) is 14.8. The molecule has 3 aliphatic rings. The average molecular weight is 584 g/mol. The smallest absolute Gasteiger partial charge is 0.388 e. The van der Waals surface area contributed by atoms with Gasteiger partial charge in [-0.3, -0.25) is 9.48 Å². The highest BCUT2D eigenvalue weighted by Gasteiger charge is 2.37. The highest BCUT2D eigenvalue weighted by molar-refractivity contribution is 5.97. The second-order valence-electron chi connectivity index (χ2n) is 9.85. The zero-order valence-electron chi connectivity index (χ0n) is 22.5. The Bertz CT molecular complexity index is 1710. The summed E-state index contributed by atoms with van der Waals surface area (Å²) in [5.41, 5.74) is 1.26. The van der Waals surface area contributed by atoms with Gasteiger partial charge in [0.15, 0.2) is 0 Å². The summed E-state index contributed by atoms with van der Waals surface area (Å²) in [6.45, 7) is -1.32. The summed E-state index contributed by atoms with van der Waals surface area (Å²) in [7, 11) is 1.54. The Hall–Kier alpha value is -4.88. The van der Waals surface area contributed by atoms with E-state index in [9.17, 15) is 22.4 Å². The predicted molar refractivity (Wildman–Crippen MR) is 143 cm³/mol. The third-order valence-corrected chi connectivity index (χ3v) is 6.82. The molecule has 5 heterocycles. The lowest BCUT2D eigenvalue weighted by molar-refractivity contribution is -0.120. The molecule has 1 atom stereocenters. The highest BCUT2D eigenvalue weighted by atomic mass is 19.3. The second-order valence-corrected chi connectivity index (χ2v) is 9.85. The van der Waals surface area contributed by atoms with E-state index in [0.29, 0.717) is 17.9 Å². The number of ether oxygens (including phenoxy) is 2. The first-order valence-electron chi connectivity index (χ1n) is 13.0. The third kappa shape index (κ3) is 5.03. The van der Waals surface area contributed by atoms with Crippen LogP contribution in [-0.4, -0.2) is 54.3 Å². The maximum Gasteiger partial charge on any atom is 0.388 e. The minimum atomic E-state index is -3.17. The molecule has 1 amide bonds. The average Bonchev–Trinajstić information content (AvgIpc) is 3.61. The number of hydrogen-bond acceptors (Lipinski definition) is 6. The quantitative estimate of drug-likeness (QED) is 0.265. The van der Waals surface area contributed by atoms with Crippen molar-refractivity contribution in [3.63, 3.8) is 0 Å². The molecule has 42 heavy (non-hydrogen) atoms. The molecular formula is C28H25F4N7O3. The molecule has 2 aromatic heterocycles. The van der Waals surface area contributed by atoms with Gasteiger partial charge in [0, 0.05) is 44.0 Å². The van der Waals surface area contributed by atoms with Crippen molar-refractivity contribution in [3.05, 3.63) is 66.1 Å². The van der Waals surface area contributed by atoms with Crippen LogP contribution in [0.25, 0.3) is 33.8 Å². The molecule has 0 radical (unpaired) electrons. The molecule has 6 rings (SSSR count). The van der Waals surface area contributed by atoms with Crippen molar-refractivity contribution < 1.29 is 31.8 Å². The van der Waals surface area contributed by atoms with E-state index >= 15 is 0 Å². The van der Waals surface area contributed by atoms with Crippen molar-refractivity contribution >= 4 is 5.91 Å². The van der Waals surface area contributed by atoms with E-state index in [-0.39, 0.29) is 53.2 Å². The lowest BCUT2D eigenvalue weighted by Crippen LogP contribution is -2.44. The van der Waals surface area contributed by atoms with E-state index in [2.05, 4.69) is 15.5 Å². The van der Waals surface area contributed by atoms with E-state index in [1.807, 2.05) is 34.9 Å². The molecule has 0 spiro atoms. The molecule has 0 fully saturated rings. The van der Waals surface area contributed by atoms with Crippen LogP contribution in [0.5, 0.6) is 11.8 Å². The van der Waals surface area contributed by atoms with Gasteiger partial charge in [-0.05, 0) is 17.7 Å². The van der Waals surface area contributed by atoms with Crippen LogP contribution >= 0.6 is 0 Å². The Morgan fingerprint density at radius 2 is 1.88 bits per heavy atom. The molecule has 0 saturated heterocycles. The first kappa shape index (κ1) is 27.3. The Morgan fingerprint density at radius 3 is 2.60 bits per heavy atom. The zero-order chi connectivity index (χ0) is 29.5. The van der Waals surface area contributed by atoms with Gasteiger partial charge in [-0.15, -0.1) is 5.10 Å². The minimum absolute atomic E-state index is 0.0111. The number of nitrogens with zero attached hydrogens (tertiary/aromatic N) is 6. The topological polar surface area (TPSA) is 101 Å². The van der Waals surface area contributed by atoms with Crippen LogP contribution < -0.4 is 14.8 Å². The van der Waals surface area contributed by atoms with Crippen molar-refractivity contribution in [3.8, 4) is 45.5 Å². The number of rotatable bonds is 8. The van der Waals surface area contributed by atoms with Gasteiger partial charge in [-0.25, -0.2) is 18.4 Å². The molecule has 14 heteroatoms. The number of amides is 1. The molecule has 0 unspecified atom stereocenters. The number of hydrogen-bond donors (Lipinski definition) is 1. The van der Waals surface area contributed by atoms with Crippen molar-refractivity contribution in [2.45, 2.75) is 39.1 Å². The number of benzene rings is 1. The monoisotopic (exact) mass is 583 g/mol. The lowest BCUT2D eigenvalue weighted by atomic mass is 9.98. The number of fused-ring (bicyclic) bond motifs is 2. The fourth-order valence-electron chi connectivity index (χ4n) is 5.25. The summed E-state index contributed by atoms with van der Waals surface area (Å²) >= 11 is 0. The molecule has 3 aliphatic heterocycles. The predicted octanol–water partition coefficient (Wildman–Crippen LogP) is 4.74. The fourth-order valence-corrected chi connectivity index (χ4v) is 5.25. The Labute approximate surface area is 236 Å². The molecule has 3 aromatic rings. The highest BCUT2D eigenvalue weighted by Crippen LogP contribution is 2.49. The minimum Gasteiger partial charge on any atom is -0.475 e. The van der Waals surface area contributed by atoms with Crippen LogP contribution in [0, 0.1) is 0 Å². The number of aromatic nitrogens is 6. The number of halogens is 4. The number of pyridine rings is 1. The number of aryl methyl sites for hydroxylation is 1. The molecule has 10 nitrogen and oxygen atoms in total. The molecule has 0 aliphatic carbocycles. The molecule has 0 saturated carbocycles. The number of alkyl halides is 4. The second kappa shape index (κ2) is 10.8. The van der Waals surface area contributed by atoms with E-state index in [4.69, 9.17) is 14.5 Å². The Morgan fingerprint density at radius 1 is 1.10 bits per heavy atom. The van der Waals surface area contributed by atoms with Crippen molar-refractivity contribution in [2.75, 3.05) is 6.61 Å². The molecular weight excluding hydrogens is 558 g/mol. The van der Waals surface area contributed by atoms with E-state index in [1.165, 1.54) is 29.5 Å². The van der Waals surface area contributed by atoms with Crippen LogP contribution in [-0.2, 0) is 24.9 Å². The fraction of sp³-hybridized carbons (Fsp3) is 0.286. The van der Waals surface area contributed by atoms with Crippen LogP contribution in [0.4, 0.5) is 17.6 Å². The number of carbonyl (C=O) groups is 1. The van der Waals surface area contributed by atoms with Gasteiger partial charge in [-0.2, -0.15) is 13.9 Å². The van der Waals surface area contributed by atoms with Crippen molar-refractivity contribution in [1.29, 1.82) is 0 Å². The first-order valence-corrected chi connectivity index (χ1v) is 13.0. The third-order valence-electron chi connectivity index (χ3n) is 6.82. The van der Waals surface area contributed by atoms with Gasteiger partial charge in [0.1, 0.15) is 18.1 Å². The standard InChI is InChI=1S/C28H25F4N7O3/c1-15(40)33-17-12-39-27(41-14-17)21(23(35-39)24(29)30)22-20(19-13-37(2)36-26(19)42-28(31)32)18-9-6-10-38(25(18)34-22)11-16-7-4-3-5-8-16/h3-10,13,17,24,28H,11-12,14H2,1-2H3,(H,33,40)/t17-/m0/s1. The number of carbonyl (C=O) groups excluding carboxylic acids is 1. The Balaban J connectivity index is 1.59. The van der Waals surface area contributed by atoms with Crippen LogP contribution in [0.15, 0.2) is 54.9 Å². The molecule has 1 aromatic carbocycles. The summed E-state index contributed by atoms with van der Waals surface area (Å²) in [5, 5.41) is 10.9. The van der Waals surface area contributed by atoms with Crippen molar-refractivity contribution in [1.82, 2.24) is 34.4 Å². The summed E-state index contributed by atoms with van der Waals surface area (Å²) in [6.07, 6.45) is 0.250. The van der Waals surface area contributed by atoms with Gasteiger partial charge in [0.2, 0.25) is 17.7 Å². The van der Waals surface area contributed by atoms with Gasteiger partial charge >= 0.3 is 6.61 Å². The lowest BCUT2D eigenvalue weighted by Gasteiger charge is -2.25. The summed E-state index contributed by atoms with van der Waals surface area (Å²) in [5.74, 6) is -0.227. The van der Waals surface area contributed by atoms with Crippen LogP contribution in [0.3, 0.4) is 0 Å². The van der Waals surface area contributed by atoms with Gasteiger partial charge in [0.05, 0.1) is 29.4 Å². The zero-order valence-corrected chi connectivity index (χ0v) is 22.5. The molecule has 218 valence electrons. The van der Waals surface area contributed by atoms with Gasteiger partial charge in [-0.1, -0.05) is 30.3 Å². The summed E-state index contributed by atoms with van der Waals surface area (Å²) < 4.78 is 71.0. The van der Waals surface area contributed by atoms with Gasteiger partial charge < -0.3 is 19.4 Å². The van der Waals surface area contributed by atoms with Crippen LogP contribution in [0.2, 0.25) is 0 Å². The maximum absolute atomic E-state index is 14.5. The van der Waals surface area contributed by atoms with Crippen LogP contribution in [0.1, 0.15) is 24.6 Å². The van der Waals surface area contributed by atoms with Crippen molar-refractivity contribution in [2.24, 2.45) is 7.05 Å². The van der Waals surface area contributed by atoms with E-state index in [0.717, 1.165) is 5.56 Å². The summed E-state index contributed by atoms with van der Waals surface area (Å²) in [6, 6.07) is 12.6. The summed E-state index contributed by atoms with van der Waals surface area (Å²) in [4.78, 5) is 16.4.